The summed E-state index contributed by atoms with van der Waals surface area (Å²) in [5, 5.41) is 13.1. The van der Waals surface area contributed by atoms with E-state index in [1.807, 2.05) is 18.3 Å². The lowest BCUT2D eigenvalue weighted by molar-refractivity contribution is 0.102. The van der Waals surface area contributed by atoms with Gasteiger partial charge >= 0.3 is 0 Å². The van der Waals surface area contributed by atoms with E-state index in [2.05, 4.69) is 25.9 Å². The molecule has 4 rings (SSSR count). The summed E-state index contributed by atoms with van der Waals surface area (Å²) in [6.45, 7) is 1.62. The monoisotopic (exact) mass is 361 g/mol. The van der Waals surface area contributed by atoms with Crippen molar-refractivity contribution in [3.8, 4) is 6.07 Å². The molecule has 136 valence electrons. The molecule has 0 unspecified atom stereocenters. The Bertz CT molecular complexity index is 1130. The molecule has 1 aliphatic rings. The third-order valence-electron chi connectivity index (χ3n) is 5.02. The highest BCUT2D eigenvalue weighted by Gasteiger charge is 2.20. The minimum absolute atomic E-state index is 0.0559. The molecule has 0 radical (unpaired) electrons. The van der Waals surface area contributed by atoms with Gasteiger partial charge in [-0.2, -0.15) is 5.26 Å². The first-order valence-electron chi connectivity index (χ1n) is 8.99. The second-order valence-corrected chi connectivity index (χ2v) is 6.90. The van der Waals surface area contributed by atoms with Gasteiger partial charge in [0.1, 0.15) is 17.6 Å². The molecule has 2 aromatic heterocycles. The Hall–Kier alpha value is -3.40. The molecular weight excluding hydrogens is 342 g/mol. The van der Waals surface area contributed by atoms with Crippen LogP contribution in [0, 0.1) is 18.3 Å². The third-order valence-corrected chi connectivity index (χ3v) is 5.02. The number of amides is 1. The van der Waals surface area contributed by atoms with Crippen molar-refractivity contribution in [3.63, 3.8) is 0 Å². The van der Waals surface area contributed by atoms with Crippen LogP contribution in [-0.4, -0.2) is 20.4 Å². The van der Waals surface area contributed by atoms with Gasteiger partial charge in [0.05, 0.1) is 5.56 Å². The summed E-state index contributed by atoms with van der Waals surface area (Å²) in [5.41, 5.74) is 1.84. The minimum atomic E-state index is -0.461. The number of aromatic amines is 1. The van der Waals surface area contributed by atoms with Crippen LogP contribution in [0.3, 0.4) is 0 Å². The normalized spacial score (nSPS) is 14.4. The Balaban J connectivity index is 1.68. The number of aryl methyl sites for hydroxylation is 1. The van der Waals surface area contributed by atoms with Crippen molar-refractivity contribution in [1.82, 2.24) is 14.5 Å². The number of carbonyl (C=O) groups is 1. The van der Waals surface area contributed by atoms with Crippen molar-refractivity contribution in [2.75, 3.05) is 5.32 Å². The van der Waals surface area contributed by atoms with Crippen LogP contribution < -0.4 is 10.9 Å². The smallest absolute Gasteiger partial charge is 0.274 e. The second-order valence-electron chi connectivity index (χ2n) is 6.90. The molecule has 0 spiro atoms. The maximum Gasteiger partial charge on any atom is 0.274 e. The van der Waals surface area contributed by atoms with E-state index in [1.54, 1.807) is 13.0 Å². The van der Waals surface area contributed by atoms with Gasteiger partial charge in [-0.1, -0.05) is 12.8 Å². The van der Waals surface area contributed by atoms with E-state index in [0.29, 0.717) is 23.1 Å². The van der Waals surface area contributed by atoms with Gasteiger partial charge in [-0.05, 0) is 38.0 Å². The quantitative estimate of drug-likeness (QED) is 0.747. The van der Waals surface area contributed by atoms with E-state index in [-0.39, 0.29) is 11.3 Å². The summed E-state index contributed by atoms with van der Waals surface area (Å²) in [5.74, 6) is -0.0826. The predicted molar refractivity (Wildman–Crippen MR) is 102 cm³/mol. The van der Waals surface area contributed by atoms with E-state index in [9.17, 15) is 14.9 Å². The Morgan fingerprint density at radius 1 is 1.33 bits per heavy atom. The molecule has 7 nitrogen and oxygen atoms in total. The van der Waals surface area contributed by atoms with Crippen LogP contribution in [0.2, 0.25) is 0 Å². The Kier molecular flexibility index (Phi) is 4.24. The average Bonchev–Trinajstić information content (AvgIpc) is 3.28. The highest BCUT2D eigenvalue weighted by Crippen LogP contribution is 2.35. The summed E-state index contributed by atoms with van der Waals surface area (Å²) in [7, 11) is 0. The number of aromatic nitrogens is 3. The van der Waals surface area contributed by atoms with Gasteiger partial charge in [0, 0.05) is 34.9 Å². The lowest BCUT2D eigenvalue weighted by Gasteiger charge is -2.13. The largest absolute Gasteiger partial charge is 0.343 e. The molecule has 1 fully saturated rings. The highest BCUT2D eigenvalue weighted by molar-refractivity contribution is 6.04. The fraction of sp³-hybridized carbons (Fsp3) is 0.300. The van der Waals surface area contributed by atoms with Crippen LogP contribution in [0.25, 0.3) is 10.9 Å². The second kappa shape index (κ2) is 6.72. The van der Waals surface area contributed by atoms with Gasteiger partial charge < -0.3 is 14.9 Å². The number of nitrogens with one attached hydrogen (secondary N) is 2. The molecule has 7 heteroatoms. The maximum atomic E-state index is 12.4. The number of anilines is 1. The van der Waals surface area contributed by atoms with Crippen molar-refractivity contribution in [2.45, 2.75) is 38.6 Å². The number of rotatable bonds is 3. The summed E-state index contributed by atoms with van der Waals surface area (Å²) in [6, 6.07) is 9.39. The number of hydrogen-bond acceptors (Lipinski definition) is 4. The molecule has 0 atom stereocenters. The van der Waals surface area contributed by atoms with Crippen LogP contribution in [0.5, 0.6) is 0 Å². The van der Waals surface area contributed by atoms with Crippen LogP contribution in [0.15, 0.2) is 35.3 Å². The summed E-state index contributed by atoms with van der Waals surface area (Å²) < 4.78 is 2.19. The number of carbonyl (C=O) groups excluding carboxylic acids is 1. The van der Waals surface area contributed by atoms with Gasteiger partial charge in [-0.15, -0.1) is 0 Å². The first kappa shape index (κ1) is 17.0. The van der Waals surface area contributed by atoms with Gasteiger partial charge in [0.2, 0.25) is 0 Å². The molecule has 1 aromatic carbocycles. The standard InChI is InChI=1S/C20H19N5O2/c1-12-22-17(9-19(26)23-12)20(27)24-14-6-7-18-16(8-14)13(10-21)11-25(18)15-4-2-3-5-15/h6-9,11,15H,2-5H2,1H3,(H,24,27)(H,22,23,26). The number of benzene rings is 1. The molecule has 27 heavy (non-hydrogen) atoms. The van der Waals surface area contributed by atoms with Crippen LogP contribution >= 0.6 is 0 Å². The Labute approximate surface area is 155 Å². The fourth-order valence-corrected chi connectivity index (χ4v) is 3.80. The molecule has 1 saturated carbocycles. The van der Waals surface area contributed by atoms with Crippen LogP contribution in [0.1, 0.15) is 53.6 Å². The minimum Gasteiger partial charge on any atom is -0.343 e. The number of hydrogen-bond donors (Lipinski definition) is 2. The molecule has 2 heterocycles. The van der Waals surface area contributed by atoms with Crippen molar-refractivity contribution < 1.29 is 4.79 Å². The first-order valence-corrected chi connectivity index (χ1v) is 8.99. The number of H-pyrrole nitrogens is 1. The van der Waals surface area contributed by atoms with Crippen molar-refractivity contribution in [2.24, 2.45) is 0 Å². The van der Waals surface area contributed by atoms with E-state index in [4.69, 9.17) is 0 Å². The van der Waals surface area contributed by atoms with Crippen LogP contribution in [-0.2, 0) is 0 Å². The summed E-state index contributed by atoms with van der Waals surface area (Å²) in [4.78, 5) is 30.5. The molecule has 0 saturated heterocycles. The van der Waals surface area contributed by atoms with E-state index >= 15 is 0 Å². The van der Waals surface area contributed by atoms with Gasteiger partial charge in [0.15, 0.2) is 0 Å². The van der Waals surface area contributed by atoms with E-state index < -0.39 is 5.91 Å². The molecule has 0 bridgehead atoms. The third kappa shape index (κ3) is 3.22. The fourth-order valence-electron chi connectivity index (χ4n) is 3.80. The Morgan fingerprint density at radius 3 is 2.81 bits per heavy atom. The predicted octanol–water partition coefficient (Wildman–Crippen LogP) is 3.27. The lowest BCUT2D eigenvalue weighted by atomic mass is 10.1. The zero-order chi connectivity index (χ0) is 19.0. The molecule has 1 amide bonds. The molecule has 2 N–H and O–H groups in total. The van der Waals surface area contributed by atoms with Gasteiger partial charge in [-0.3, -0.25) is 9.59 Å². The van der Waals surface area contributed by atoms with Gasteiger partial charge in [0.25, 0.3) is 11.5 Å². The van der Waals surface area contributed by atoms with E-state index in [1.165, 1.54) is 12.8 Å². The number of nitrogens with zero attached hydrogens (tertiary/aromatic N) is 3. The molecule has 3 aromatic rings. The zero-order valence-electron chi connectivity index (χ0n) is 15.0. The summed E-state index contributed by atoms with van der Waals surface area (Å²) in [6.07, 6.45) is 6.58. The van der Waals surface area contributed by atoms with Crippen LogP contribution in [0.4, 0.5) is 5.69 Å². The topological polar surface area (TPSA) is 104 Å². The number of fused-ring (bicyclic) bond motifs is 1. The van der Waals surface area contributed by atoms with E-state index in [0.717, 1.165) is 29.8 Å². The Morgan fingerprint density at radius 2 is 2.11 bits per heavy atom. The molecule has 1 aliphatic carbocycles. The lowest BCUT2D eigenvalue weighted by Crippen LogP contribution is -2.19. The van der Waals surface area contributed by atoms with Gasteiger partial charge in [-0.25, -0.2) is 4.98 Å². The maximum absolute atomic E-state index is 12.4. The van der Waals surface area contributed by atoms with Crippen molar-refractivity contribution in [3.05, 3.63) is 57.9 Å². The van der Waals surface area contributed by atoms with Crippen molar-refractivity contribution in [1.29, 1.82) is 5.26 Å². The average molecular weight is 361 g/mol. The zero-order valence-corrected chi connectivity index (χ0v) is 15.0. The highest BCUT2D eigenvalue weighted by atomic mass is 16.2. The molecule has 0 aliphatic heterocycles. The summed E-state index contributed by atoms with van der Waals surface area (Å²) >= 11 is 0. The molecular formula is C20H19N5O2. The van der Waals surface area contributed by atoms with Crippen molar-refractivity contribution >= 4 is 22.5 Å². The number of nitriles is 1. The first-order chi connectivity index (χ1) is 13.0. The SMILES string of the molecule is Cc1nc(C(=O)Nc2ccc3c(c2)c(C#N)cn3C2CCCC2)cc(=O)[nH]1.